The molecule has 0 aliphatic carbocycles. The Hall–Kier alpha value is -0.810. The quantitative estimate of drug-likeness (QED) is 0.646. The van der Waals surface area contributed by atoms with Crippen molar-refractivity contribution in [1.82, 2.24) is 0 Å². The fraction of sp³-hybridized carbons (Fsp3) is 0.125. The third kappa shape index (κ3) is 2.36. The van der Waals surface area contributed by atoms with Gasteiger partial charge in [-0.2, -0.15) is 0 Å². The molecule has 0 radical (unpaired) electrons. The van der Waals surface area contributed by atoms with E-state index in [4.69, 9.17) is 5.73 Å². The summed E-state index contributed by atoms with van der Waals surface area (Å²) in [7, 11) is -0.141. The Kier molecular flexibility index (Phi) is 3.13. The van der Waals surface area contributed by atoms with Crippen molar-refractivity contribution in [2.75, 3.05) is 0 Å². The summed E-state index contributed by atoms with van der Waals surface area (Å²) in [4.78, 5) is 0. The Morgan fingerprint density at radius 2 is 2.00 bits per heavy atom. The summed E-state index contributed by atoms with van der Waals surface area (Å²) in [6.07, 6.45) is 0. The Balaban J connectivity index is 2.90. The number of hydrogen-bond acceptors (Lipinski definition) is 2. The minimum atomic E-state index is -0.352. The number of rotatable bonds is 1. The van der Waals surface area contributed by atoms with Crippen molar-refractivity contribution >= 4 is 7.92 Å². The first-order chi connectivity index (χ1) is 5.34. The molecule has 0 spiro atoms. The Morgan fingerprint density at radius 1 is 1.36 bits per heavy atom. The third-order valence-corrected chi connectivity index (χ3v) is 1.73. The van der Waals surface area contributed by atoms with Gasteiger partial charge in [0.2, 0.25) is 0 Å². The van der Waals surface area contributed by atoms with E-state index < -0.39 is 0 Å². The Morgan fingerprint density at radius 3 is 2.55 bits per heavy atom. The maximum atomic E-state index is 10.1. The van der Waals surface area contributed by atoms with Crippen LogP contribution in [0.5, 0.6) is 0 Å². The van der Waals surface area contributed by atoms with E-state index in [0.717, 1.165) is 5.56 Å². The van der Waals surface area contributed by atoms with E-state index in [1.165, 1.54) is 0 Å². The van der Waals surface area contributed by atoms with Gasteiger partial charge < -0.3 is 0 Å². The van der Waals surface area contributed by atoms with E-state index in [1.807, 2.05) is 30.3 Å². The fourth-order valence-electron chi connectivity index (χ4n) is 0.792. The van der Waals surface area contributed by atoms with Gasteiger partial charge in [0, 0.05) is 0 Å². The molecule has 0 saturated carbocycles. The molecule has 0 fully saturated rings. The van der Waals surface area contributed by atoms with Crippen molar-refractivity contribution in [3.63, 3.8) is 0 Å². The number of benzene rings is 1. The van der Waals surface area contributed by atoms with Crippen LogP contribution < -0.4 is 5.73 Å². The van der Waals surface area contributed by atoms with Crippen molar-refractivity contribution in [2.45, 2.75) is 6.04 Å². The zero-order valence-electron chi connectivity index (χ0n) is 5.90. The molecule has 0 aromatic heterocycles. The van der Waals surface area contributed by atoms with Crippen molar-refractivity contribution in [3.05, 3.63) is 35.9 Å². The van der Waals surface area contributed by atoms with Gasteiger partial charge in [-0.1, -0.05) is 0 Å². The molecule has 1 aromatic rings. The average molecular weight is 165 g/mol. The molecule has 2 nitrogen and oxygen atoms in total. The molecule has 1 atom stereocenters. The average Bonchev–Trinajstić information content (AvgIpc) is 2.07. The molecule has 2 N–H and O–H groups in total. The first-order valence-electron chi connectivity index (χ1n) is 3.23. The topological polar surface area (TPSA) is 43.1 Å². The molecule has 11 heavy (non-hydrogen) atoms. The second-order valence-electron chi connectivity index (χ2n) is 2.11. The molecule has 1 unspecified atom stereocenters. The SMILES string of the molecule is NC(C#P=O)c1ccccc1. The van der Waals surface area contributed by atoms with Gasteiger partial charge in [0.15, 0.2) is 0 Å². The van der Waals surface area contributed by atoms with Crippen LogP contribution in [0.1, 0.15) is 11.6 Å². The fourth-order valence-corrected chi connectivity index (χ4v) is 1.05. The van der Waals surface area contributed by atoms with Crippen LogP contribution >= 0.6 is 7.92 Å². The van der Waals surface area contributed by atoms with Gasteiger partial charge in [0.05, 0.1) is 0 Å². The molecule has 3 heteroatoms. The molecular weight excluding hydrogens is 157 g/mol. The summed E-state index contributed by atoms with van der Waals surface area (Å²) in [5.41, 5.74) is 9.07. The first-order valence-corrected chi connectivity index (χ1v) is 4.04. The molecule has 1 rings (SSSR count). The molecule has 0 bridgehead atoms. The van der Waals surface area contributed by atoms with Gasteiger partial charge in [-0.25, -0.2) is 0 Å². The summed E-state index contributed by atoms with van der Waals surface area (Å²) < 4.78 is 10.1. The van der Waals surface area contributed by atoms with Crippen molar-refractivity contribution < 1.29 is 4.57 Å². The molecule has 0 saturated heterocycles. The standard InChI is InChI=1S/C8H8NOP/c9-8(6-11-10)7-4-2-1-3-5-7/h1-5,8H,9H2. The van der Waals surface area contributed by atoms with Crippen LogP contribution in [0.2, 0.25) is 0 Å². The predicted molar refractivity (Wildman–Crippen MR) is 44.9 cm³/mol. The molecule has 0 aliphatic rings. The molecule has 0 amide bonds. The van der Waals surface area contributed by atoms with E-state index in [9.17, 15) is 4.57 Å². The van der Waals surface area contributed by atoms with E-state index in [1.54, 1.807) is 0 Å². The van der Waals surface area contributed by atoms with E-state index >= 15 is 0 Å². The Labute approximate surface area is 66.5 Å². The molecule has 1 aromatic carbocycles. The summed E-state index contributed by atoms with van der Waals surface area (Å²) in [6.45, 7) is 0. The van der Waals surface area contributed by atoms with Crippen LogP contribution in [-0.4, -0.2) is 0 Å². The Bertz CT molecular complexity index is 316. The minimum absolute atomic E-state index is 0.141. The molecule has 0 heterocycles. The normalized spacial score (nSPS) is 11.7. The van der Waals surface area contributed by atoms with Crippen LogP contribution in [0.3, 0.4) is 0 Å². The van der Waals surface area contributed by atoms with Gasteiger partial charge >= 0.3 is 65.8 Å². The van der Waals surface area contributed by atoms with Crippen LogP contribution in [-0.2, 0) is 4.57 Å². The van der Waals surface area contributed by atoms with E-state index in [0.29, 0.717) is 0 Å². The summed E-state index contributed by atoms with van der Waals surface area (Å²) in [5, 5.41) is 0. The zero-order chi connectivity index (χ0) is 8.10. The summed E-state index contributed by atoms with van der Waals surface area (Å²) >= 11 is 0. The molecular formula is C8H8NOP. The summed E-state index contributed by atoms with van der Waals surface area (Å²) in [5.74, 6) is 0. The summed E-state index contributed by atoms with van der Waals surface area (Å²) in [6, 6.07) is 9.09. The number of hydrogen-bond donors (Lipinski definition) is 1. The molecule has 56 valence electrons. The monoisotopic (exact) mass is 165 g/mol. The second-order valence-corrected chi connectivity index (χ2v) is 2.55. The maximum absolute atomic E-state index is 10.1. The second kappa shape index (κ2) is 4.15. The van der Waals surface area contributed by atoms with E-state index in [-0.39, 0.29) is 14.0 Å². The first kappa shape index (κ1) is 8.29. The molecule has 0 aliphatic heterocycles. The van der Waals surface area contributed by atoms with Gasteiger partial charge in [-0.3, -0.25) is 0 Å². The van der Waals surface area contributed by atoms with Crippen LogP contribution in [0.15, 0.2) is 30.3 Å². The van der Waals surface area contributed by atoms with Crippen molar-refractivity contribution in [1.29, 1.82) is 0 Å². The van der Waals surface area contributed by atoms with Crippen molar-refractivity contribution in [3.8, 4) is 5.63 Å². The van der Waals surface area contributed by atoms with Crippen LogP contribution in [0.4, 0.5) is 0 Å². The number of nitrogens with two attached hydrogens (primary N) is 1. The third-order valence-electron chi connectivity index (χ3n) is 1.35. The van der Waals surface area contributed by atoms with Gasteiger partial charge in [-0.15, -0.1) is 0 Å². The predicted octanol–water partition coefficient (Wildman–Crippen LogP) is 1.94. The van der Waals surface area contributed by atoms with Crippen LogP contribution in [0.25, 0.3) is 0 Å². The van der Waals surface area contributed by atoms with Crippen molar-refractivity contribution in [2.24, 2.45) is 5.73 Å². The van der Waals surface area contributed by atoms with E-state index in [2.05, 4.69) is 5.63 Å². The van der Waals surface area contributed by atoms with Crippen LogP contribution in [0, 0.1) is 5.63 Å². The van der Waals surface area contributed by atoms with Gasteiger partial charge in [-0.05, 0) is 0 Å². The van der Waals surface area contributed by atoms with Gasteiger partial charge in [0.1, 0.15) is 0 Å². The zero-order valence-corrected chi connectivity index (χ0v) is 6.79. The van der Waals surface area contributed by atoms with Gasteiger partial charge in [0.25, 0.3) is 0 Å².